The molecule has 1 aliphatic rings. The second kappa shape index (κ2) is 6.25. The number of tetrazole rings is 1. The van der Waals surface area contributed by atoms with Crippen molar-refractivity contribution in [2.24, 2.45) is 0 Å². The molecule has 108 valence electrons. The fourth-order valence-electron chi connectivity index (χ4n) is 2.55. The number of rotatable bonds is 6. The SMILES string of the molecule is Nc1ccn(CCCSc2nnnn2C2CCCC2)n1. The number of nitrogens with two attached hydrogens (primary N) is 1. The third-order valence-corrected chi connectivity index (χ3v) is 4.58. The largest absolute Gasteiger partial charge is 0.382 e. The molecule has 0 spiro atoms. The van der Waals surface area contributed by atoms with Crippen LogP contribution in [0.5, 0.6) is 0 Å². The fourth-order valence-corrected chi connectivity index (χ4v) is 3.42. The van der Waals surface area contributed by atoms with Gasteiger partial charge in [-0.05, 0) is 35.8 Å². The number of nitrogen functional groups attached to an aromatic ring is 1. The highest BCUT2D eigenvalue weighted by Crippen LogP contribution is 2.31. The molecule has 2 aromatic rings. The molecule has 8 heteroatoms. The Kier molecular flexibility index (Phi) is 4.19. The van der Waals surface area contributed by atoms with Crippen LogP contribution in [0.1, 0.15) is 38.1 Å². The quantitative estimate of drug-likeness (QED) is 0.645. The molecule has 0 atom stereocenters. The van der Waals surface area contributed by atoms with E-state index in [4.69, 9.17) is 5.73 Å². The smallest absolute Gasteiger partial charge is 0.209 e. The third-order valence-electron chi connectivity index (χ3n) is 3.56. The zero-order valence-corrected chi connectivity index (χ0v) is 12.2. The highest BCUT2D eigenvalue weighted by molar-refractivity contribution is 7.99. The van der Waals surface area contributed by atoms with Crippen LogP contribution in [-0.4, -0.2) is 35.7 Å². The lowest BCUT2D eigenvalue weighted by molar-refractivity contribution is 0.423. The van der Waals surface area contributed by atoms with Gasteiger partial charge in [-0.1, -0.05) is 24.6 Å². The number of thioether (sulfide) groups is 1. The molecule has 20 heavy (non-hydrogen) atoms. The summed E-state index contributed by atoms with van der Waals surface area (Å²) in [5, 5.41) is 17.2. The predicted molar refractivity (Wildman–Crippen MR) is 77.3 cm³/mol. The summed E-state index contributed by atoms with van der Waals surface area (Å²) in [7, 11) is 0. The molecule has 2 heterocycles. The molecule has 3 rings (SSSR count). The van der Waals surface area contributed by atoms with Crippen LogP contribution in [0.3, 0.4) is 0 Å². The first kappa shape index (κ1) is 13.4. The topological polar surface area (TPSA) is 87.4 Å². The maximum absolute atomic E-state index is 5.58. The average Bonchev–Trinajstić information content (AvgIpc) is 3.16. The van der Waals surface area contributed by atoms with Gasteiger partial charge >= 0.3 is 0 Å². The second-order valence-corrected chi connectivity index (χ2v) is 6.11. The van der Waals surface area contributed by atoms with Crippen molar-refractivity contribution in [2.75, 3.05) is 11.5 Å². The van der Waals surface area contributed by atoms with Crippen molar-refractivity contribution in [3.8, 4) is 0 Å². The lowest BCUT2D eigenvalue weighted by Gasteiger charge is -2.10. The first-order chi connectivity index (χ1) is 9.83. The summed E-state index contributed by atoms with van der Waals surface area (Å²) in [6.45, 7) is 0.870. The number of hydrogen-bond donors (Lipinski definition) is 1. The maximum Gasteiger partial charge on any atom is 0.209 e. The van der Waals surface area contributed by atoms with Gasteiger partial charge in [-0.15, -0.1) is 5.10 Å². The van der Waals surface area contributed by atoms with Gasteiger partial charge in [0.1, 0.15) is 5.82 Å². The van der Waals surface area contributed by atoms with Crippen LogP contribution in [0.2, 0.25) is 0 Å². The van der Waals surface area contributed by atoms with E-state index in [9.17, 15) is 0 Å². The molecule has 2 aromatic heterocycles. The first-order valence-corrected chi connectivity index (χ1v) is 8.01. The van der Waals surface area contributed by atoms with Crippen molar-refractivity contribution in [1.29, 1.82) is 0 Å². The molecular weight excluding hydrogens is 274 g/mol. The van der Waals surface area contributed by atoms with Crippen LogP contribution in [-0.2, 0) is 6.54 Å². The number of aryl methyl sites for hydroxylation is 1. The van der Waals surface area contributed by atoms with Crippen molar-refractivity contribution in [3.63, 3.8) is 0 Å². The monoisotopic (exact) mass is 293 g/mol. The molecule has 2 N–H and O–H groups in total. The standard InChI is InChI=1S/C12H19N7S/c13-11-6-8-18(15-11)7-3-9-20-12-14-16-17-19(12)10-4-1-2-5-10/h6,8,10H,1-5,7,9H2,(H2,13,15). The van der Waals surface area contributed by atoms with E-state index in [1.807, 2.05) is 21.6 Å². The van der Waals surface area contributed by atoms with E-state index in [0.717, 1.165) is 23.9 Å². The van der Waals surface area contributed by atoms with Crippen LogP contribution in [0.4, 0.5) is 5.82 Å². The first-order valence-electron chi connectivity index (χ1n) is 7.02. The number of nitrogens with zero attached hydrogens (tertiary/aromatic N) is 6. The highest BCUT2D eigenvalue weighted by Gasteiger charge is 2.21. The van der Waals surface area contributed by atoms with Gasteiger partial charge in [-0.2, -0.15) is 5.10 Å². The molecule has 1 aliphatic carbocycles. The summed E-state index contributed by atoms with van der Waals surface area (Å²) in [5.41, 5.74) is 5.58. The molecule has 0 amide bonds. The molecule has 1 fully saturated rings. The lowest BCUT2D eigenvalue weighted by Crippen LogP contribution is -2.08. The van der Waals surface area contributed by atoms with E-state index >= 15 is 0 Å². The Bertz CT molecular complexity index is 544. The molecule has 1 saturated carbocycles. The molecule has 0 aromatic carbocycles. The van der Waals surface area contributed by atoms with Crippen LogP contribution >= 0.6 is 11.8 Å². The Morgan fingerprint density at radius 3 is 2.95 bits per heavy atom. The van der Waals surface area contributed by atoms with E-state index in [0.29, 0.717) is 11.9 Å². The molecular formula is C12H19N7S. The zero-order chi connectivity index (χ0) is 13.8. The minimum atomic E-state index is 0.499. The summed E-state index contributed by atoms with van der Waals surface area (Å²) in [6, 6.07) is 2.31. The van der Waals surface area contributed by atoms with E-state index in [1.54, 1.807) is 11.8 Å². The van der Waals surface area contributed by atoms with Gasteiger partial charge in [0, 0.05) is 18.5 Å². The fraction of sp³-hybridized carbons (Fsp3) is 0.667. The average molecular weight is 293 g/mol. The van der Waals surface area contributed by atoms with Crippen molar-refractivity contribution in [1.82, 2.24) is 30.0 Å². The number of hydrogen-bond acceptors (Lipinski definition) is 6. The van der Waals surface area contributed by atoms with Crippen LogP contribution < -0.4 is 5.73 Å². The van der Waals surface area contributed by atoms with Crippen LogP contribution in [0.15, 0.2) is 17.4 Å². The van der Waals surface area contributed by atoms with Crippen LogP contribution in [0, 0.1) is 0 Å². The number of anilines is 1. The summed E-state index contributed by atoms with van der Waals surface area (Å²) in [6.07, 6.45) is 7.90. The molecule has 0 radical (unpaired) electrons. The van der Waals surface area contributed by atoms with E-state index in [2.05, 4.69) is 20.6 Å². The summed E-state index contributed by atoms with van der Waals surface area (Å²) < 4.78 is 3.87. The summed E-state index contributed by atoms with van der Waals surface area (Å²) in [5.74, 6) is 1.55. The summed E-state index contributed by atoms with van der Waals surface area (Å²) in [4.78, 5) is 0. The second-order valence-electron chi connectivity index (χ2n) is 5.05. The molecule has 0 unspecified atom stereocenters. The number of aromatic nitrogens is 6. The van der Waals surface area contributed by atoms with Gasteiger partial charge in [-0.25, -0.2) is 4.68 Å². The van der Waals surface area contributed by atoms with Crippen molar-refractivity contribution >= 4 is 17.6 Å². The lowest BCUT2D eigenvalue weighted by atomic mass is 10.3. The molecule has 0 bridgehead atoms. The Morgan fingerprint density at radius 1 is 1.35 bits per heavy atom. The minimum absolute atomic E-state index is 0.499. The zero-order valence-electron chi connectivity index (χ0n) is 11.4. The Morgan fingerprint density at radius 2 is 2.20 bits per heavy atom. The summed E-state index contributed by atoms with van der Waals surface area (Å²) >= 11 is 1.72. The molecule has 0 saturated heterocycles. The van der Waals surface area contributed by atoms with Gasteiger partial charge in [0.25, 0.3) is 0 Å². The Hall–Kier alpha value is -1.57. The third kappa shape index (κ3) is 3.12. The molecule has 0 aliphatic heterocycles. The van der Waals surface area contributed by atoms with Crippen molar-refractivity contribution in [3.05, 3.63) is 12.3 Å². The maximum atomic E-state index is 5.58. The minimum Gasteiger partial charge on any atom is -0.382 e. The van der Waals surface area contributed by atoms with Gasteiger partial charge in [-0.3, -0.25) is 4.68 Å². The highest BCUT2D eigenvalue weighted by atomic mass is 32.2. The Labute approximate surface area is 121 Å². The van der Waals surface area contributed by atoms with Crippen molar-refractivity contribution in [2.45, 2.75) is 49.8 Å². The van der Waals surface area contributed by atoms with Crippen LogP contribution in [0.25, 0.3) is 0 Å². The van der Waals surface area contributed by atoms with Gasteiger partial charge in [0.05, 0.1) is 6.04 Å². The predicted octanol–water partition coefficient (Wildman–Crippen LogP) is 1.75. The Balaban J connectivity index is 1.47. The van der Waals surface area contributed by atoms with Crippen molar-refractivity contribution < 1.29 is 0 Å². The van der Waals surface area contributed by atoms with E-state index in [-0.39, 0.29) is 0 Å². The van der Waals surface area contributed by atoms with Gasteiger partial charge < -0.3 is 5.73 Å². The molecule has 7 nitrogen and oxygen atoms in total. The van der Waals surface area contributed by atoms with E-state index < -0.39 is 0 Å². The van der Waals surface area contributed by atoms with E-state index in [1.165, 1.54) is 25.7 Å². The normalized spacial score (nSPS) is 16.0. The van der Waals surface area contributed by atoms with Gasteiger partial charge in [0.2, 0.25) is 5.16 Å². The van der Waals surface area contributed by atoms with Gasteiger partial charge in [0.15, 0.2) is 0 Å².